The Hall–Kier alpha value is -4.11. The smallest absolute Gasteiger partial charge is 0.266 e. The highest BCUT2D eigenvalue weighted by Gasteiger charge is 2.27. The molecular formula is C27H22FN5O2S. The van der Waals surface area contributed by atoms with Crippen molar-refractivity contribution in [2.24, 2.45) is 0 Å². The number of carbonyl (C=O) groups excluding carboxylic acids is 1. The third kappa shape index (κ3) is 3.91. The molecule has 1 aliphatic rings. The largest absolute Gasteiger partial charge is 0.342 e. The molecule has 0 spiro atoms. The minimum Gasteiger partial charge on any atom is -0.342 e. The van der Waals surface area contributed by atoms with E-state index in [9.17, 15) is 14.0 Å². The lowest BCUT2D eigenvalue weighted by molar-refractivity contribution is 0.0705. The number of nitrogens with one attached hydrogen (secondary N) is 2. The van der Waals surface area contributed by atoms with Gasteiger partial charge in [0.25, 0.3) is 11.5 Å². The van der Waals surface area contributed by atoms with Crippen LogP contribution in [0.1, 0.15) is 34.9 Å². The summed E-state index contributed by atoms with van der Waals surface area (Å²) >= 11 is 5.42. The Labute approximate surface area is 210 Å². The van der Waals surface area contributed by atoms with Gasteiger partial charge in [-0.25, -0.2) is 9.37 Å². The van der Waals surface area contributed by atoms with Gasteiger partial charge in [-0.2, -0.15) is 0 Å². The molecule has 1 aliphatic heterocycles. The van der Waals surface area contributed by atoms with Crippen LogP contribution in [0.4, 0.5) is 4.39 Å². The molecule has 2 aromatic heterocycles. The molecule has 1 atom stereocenters. The van der Waals surface area contributed by atoms with Gasteiger partial charge in [0.2, 0.25) is 0 Å². The van der Waals surface area contributed by atoms with Crippen molar-refractivity contribution in [2.45, 2.75) is 18.8 Å². The maximum Gasteiger partial charge on any atom is 0.266 e. The van der Waals surface area contributed by atoms with Crippen molar-refractivity contribution in [3.63, 3.8) is 0 Å². The number of amides is 1. The lowest BCUT2D eigenvalue weighted by atomic mass is 9.96. The van der Waals surface area contributed by atoms with Crippen molar-refractivity contribution in [3.05, 3.63) is 99.1 Å². The summed E-state index contributed by atoms with van der Waals surface area (Å²) in [5.74, 6) is 0.535. The number of hydrogen-bond acceptors (Lipinski definition) is 4. The molecule has 0 unspecified atom stereocenters. The van der Waals surface area contributed by atoms with Crippen LogP contribution in [-0.2, 0) is 0 Å². The summed E-state index contributed by atoms with van der Waals surface area (Å²) in [5, 5.41) is 0.392. The number of rotatable bonds is 3. The van der Waals surface area contributed by atoms with Gasteiger partial charge in [0, 0.05) is 24.6 Å². The summed E-state index contributed by atoms with van der Waals surface area (Å²) in [6.07, 6.45) is 1.84. The summed E-state index contributed by atoms with van der Waals surface area (Å²) in [5.41, 5.74) is 3.02. The zero-order valence-corrected chi connectivity index (χ0v) is 20.0. The highest BCUT2D eigenvalue weighted by atomic mass is 32.1. The summed E-state index contributed by atoms with van der Waals surface area (Å²) in [4.78, 5) is 39.6. The molecule has 9 heteroatoms. The first-order chi connectivity index (χ1) is 17.5. The fourth-order valence-corrected chi connectivity index (χ4v) is 5.21. The van der Waals surface area contributed by atoms with Crippen molar-refractivity contribution in [1.82, 2.24) is 24.4 Å². The lowest BCUT2D eigenvalue weighted by Gasteiger charge is -2.32. The van der Waals surface area contributed by atoms with Crippen LogP contribution in [0, 0.1) is 10.6 Å². The van der Waals surface area contributed by atoms with E-state index >= 15 is 0 Å². The monoisotopic (exact) mass is 499 g/mol. The number of carbonyl (C=O) groups is 1. The van der Waals surface area contributed by atoms with E-state index in [1.54, 1.807) is 18.2 Å². The molecule has 1 amide bonds. The predicted molar refractivity (Wildman–Crippen MR) is 139 cm³/mol. The maximum atomic E-state index is 13.4. The molecule has 1 saturated heterocycles. The van der Waals surface area contributed by atoms with Crippen LogP contribution in [0.2, 0.25) is 0 Å². The Kier molecular flexibility index (Phi) is 5.49. The number of fused-ring (bicyclic) bond motifs is 2. The van der Waals surface area contributed by atoms with Crippen LogP contribution in [0.5, 0.6) is 0 Å². The molecule has 2 N–H and O–H groups in total. The van der Waals surface area contributed by atoms with Crippen LogP contribution >= 0.6 is 12.2 Å². The summed E-state index contributed by atoms with van der Waals surface area (Å²) in [7, 11) is 0. The average molecular weight is 500 g/mol. The molecule has 3 heterocycles. The Balaban J connectivity index is 1.29. The first-order valence-electron chi connectivity index (χ1n) is 11.8. The molecule has 180 valence electrons. The Morgan fingerprint density at radius 1 is 1.03 bits per heavy atom. The maximum absolute atomic E-state index is 13.4. The molecule has 0 aliphatic carbocycles. The topological polar surface area (TPSA) is 86.8 Å². The number of imidazole rings is 1. The van der Waals surface area contributed by atoms with Crippen molar-refractivity contribution >= 4 is 40.1 Å². The fraction of sp³-hybridized carbons (Fsp3) is 0.185. The molecule has 6 rings (SSSR count). The standard InChI is InChI=1S/C27H22FN5O2S/c28-18-8-10-19(11-9-18)33-26(35)20-12-7-16(14-23(20)31-27(33)36)25(34)32-13-3-4-17(15-32)24-29-21-5-1-2-6-22(21)30-24/h1-2,5-12,14,17H,3-4,13,15H2,(H,29,30)(H,31,36)/t17-/m1/s1. The van der Waals surface area contributed by atoms with E-state index in [4.69, 9.17) is 17.2 Å². The highest BCUT2D eigenvalue weighted by Crippen LogP contribution is 2.28. The lowest BCUT2D eigenvalue weighted by Crippen LogP contribution is -2.39. The number of benzene rings is 3. The fourth-order valence-electron chi connectivity index (χ4n) is 4.91. The molecule has 36 heavy (non-hydrogen) atoms. The van der Waals surface area contributed by atoms with Crippen molar-refractivity contribution in [2.75, 3.05) is 13.1 Å². The zero-order chi connectivity index (χ0) is 24.8. The van der Waals surface area contributed by atoms with E-state index in [0.29, 0.717) is 35.2 Å². The molecule has 0 radical (unpaired) electrons. The minimum absolute atomic E-state index is 0.0975. The third-order valence-corrected chi connectivity index (χ3v) is 7.02. The minimum atomic E-state index is -0.397. The predicted octanol–water partition coefficient (Wildman–Crippen LogP) is 5.08. The van der Waals surface area contributed by atoms with Gasteiger partial charge in [0.15, 0.2) is 4.77 Å². The number of aromatic amines is 2. The van der Waals surface area contributed by atoms with Gasteiger partial charge in [0.05, 0.1) is 27.6 Å². The normalized spacial score (nSPS) is 16.0. The zero-order valence-electron chi connectivity index (χ0n) is 19.2. The number of nitrogens with zero attached hydrogens (tertiary/aromatic N) is 3. The second-order valence-electron chi connectivity index (χ2n) is 9.04. The molecule has 7 nitrogen and oxygen atoms in total. The summed E-state index contributed by atoms with van der Waals surface area (Å²) < 4.78 is 14.8. The second kappa shape index (κ2) is 8.83. The van der Waals surface area contributed by atoms with Gasteiger partial charge < -0.3 is 14.9 Å². The molecule has 1 fully saturated rings. The van der Waals surface area contributed by atoms with Gasteiger partial charge in [-0.3, -0.25) is 14.2 Å². The number of H-pyrrole nitrogens is 2. The molecule has 3 aromatic carbocycles. The van der Waals surface area contributed by atoms with Crippen molar-refractivity contribution in [1.29, 1.82) is 0 Å². The number of piperidine rings is 1. The third-order valence-electron chi connectivity index (χ3n) is 6.73. The Morgan fingerprint density at radius 2 is 1.83 bits per heavy atom. The van der Waals surface area contributed by atoms with Gasteiger partial charge in [-0.05, 0) is 79.7 Å². The Bertz CT molecular complexity index is 1700. The van der Waals surface area contributed by atoms with E-state index in [1.807, 2.05) is 29.2 Å². The second-order valence-corrected chi connectivity index (χ2v) is 9.42. The molecule has 0 saturated carbocycles. The average Bonchev–Trinajstić information content (AvgIpc) is 3.34. The number of hydrogen-bond donors (Lipinski definition) is 2. The van der Waals surface area contributed by atoms with Crippen LogP contribution in [-0.4, -0.2) is 43.4 Å². The molecule has 5 aromatic rings. The van der Waals surface area contributed by atoms with Crippen LogP contribution < -0.4 is 5.56 Å². The first-order valence-corrected chi connectivity index (χ1v) is 12.2. The number of aromatic nitrogens is 4. The quantitative estimate of drug-likeness (QED) is 0.339. The van der Waals surface area contributed by atoms with Crippen LogP contribution in [0.25, 0.3) is 27.6 Å². The number of likely N-dealkylation sites (tertiary alicyclic amines) is 1. The summed E-state index contributed by atoms with van der Waals surface area (Å²) in [6.45, 7) is 1.23. The van der Waals surface area contributed by atoms with Crippen LogP contribution in [0.3, 0.4) is 0 Å². The van der Waals surface area contributed by atoms with E-state index in [2.05, 4.69) is 9.97 Å². The number of halogens is 1. The SMILES string of the molecule is O=C(c1ccc2c(=O)n(-c3ccc(F)cc3)c(=S)[nH]c2c1)N1CCC[C@@H](c2nc3ccccc3[nH]2)C1. The van der Waals surface area contributed by atoms with Crippen LogP contribution in [0.15, 0.2) is 71.5 Å². The van der Waals surface area contributed by atoms with Gasteiger partial charge in [-0.15, -0.1) is 0 Å². The van der Waals surface area contributed by atoms with Crippen molar-refractivity contribution in [3.8, 4) is 5.69 Å². The van der Waals surface area contributed by atoms with E-state index in [-0.39, 0.29) is 22.2 Å². The van der Waals surface area contributed by atoms with Crippen molar-refractivity contribution < 1.29 is 9.18 Å². The highest BCUT2D eigenvalue weighted by molar-refractivity contribution is 7.71. The number of para-hydroxylation sites is 2. The Morgan fingerprint density at radius 3 is 2.64 bits per heavy atom. The summed E-state index contributed by atoms with van der Waals surface area (Å²) in [6, 6.07) is 18.4. The molecular weight excluding hydrogens is 477 g/mol. The van der Waals surface area contributed by atoms with E-state index < -0.39 is 5.82 Å². The first kappa shape index (κ1) is 22.4. The van der Waals surface area contributed by atoms with E-state index in [1.165, 1.54) is 28.8 Å². The van der Waals surface area contributed by atoms with Gasteiger partial charge >= 0.3 is 0 Å². The van der Waals surface area contributed by atoms with Gasteiger partial charge in [0.1, 0.15) is 11.6 Å². The van der Waals surface area contributed by atoms with Gasteiger partial charge in [-0.1, -0.05) is 12.1 Å². The molecule has 0 bridgehead atoms. The van der Waals surface area contributed by atoms with E-state index in [0.717, 1.165) is 29.7 Å².